The third-order valence-corrected chi connectivity index (χ3v) is 1.16. The summed E-state index contributed by atoms with van der Waals surface area (Å²) in [6, 6.07) is 0. The van der Waals surface area contributed by atoms with Crippen LogP contribution in [0.25, 0.3) is 0 Å². The molecule has 1 heterocycles. The Balaban J connectivity index is 2.29. The number of hydrogen-bond acceptors (Lipinski definition) is 5. The van der Waals surface area contributed by atoms with Crippen LogP contribution in [0.15, 0.2) is 0 Å². The fraction of sp³-hybridized carbons (Fsp3) is 0.400. The summed E-state index contributed by atoms with van der Waals surface area (Å²) in [5.74, 6) is 0.233. The molecule has 66 valence electrons. The first-order valence-corrected chi connectivity index (χ1v) is 3.38. The number of carbonyl (C=O) groups is 1. The highest BCUT2D eigenvalue weighted by molar-refractivity contribution is 5.74. The molecule has 1 aromatic rings. The third kappa shape index (κ3) is 2.45. The fourth-order valence-corrected chi connectivity index (χ4v) is 0.651. The summed E-state index contributed by atoms with van der Waals surface area (Å²) in [6.45, 7) is 0.409. The summed E-state index contributed by atoms with van der Waals surface area (Å²) >= 11 is 0. The number of carbonyl (C=O) groups excluding carboxylic acids is 1. The molecule has 0 aliphatic rings. The van der Waals surface area contributed by atoms with Crippen LogP contribution in [0.2, 0.25) is 0 Å². The molecule has 0 fully saturated rings. The number of hydrogen-bond donors (Lipinski definition) is 4. The van der Waals surface area contributed by atoms with Crippen LogP contribution in [0.5, 0.6) is 0 Å². The Morgan fingerprint density at radius 2 is 2.42 bits per heavy atom. The van der Waals surface area contributed by atoms with E-state index in [1.807, 2.05) is 0 Å². The van der Waals surface area contributed by atoms with E-state index in [2.05, 4.69) is 20.5 Å². The van der Waals surface area contributed by atoms with Crippen molar-refractivity contribution in [3.8, 4) is 0 Å². The zero-order valence-electron chi connectivity index (χ0n) is 6.37. The molecule has 0 bridgehead atoms. The van der Waals surface area contributed by atoms with Gasteiger partial charge in [0.2, 0.25) is 17.8 Å². The SMILES string of the molecule is NC(=O)CCNc1n[nH]c(N)n1. The summed E-state index contributed by atoms with van der Waals surface area (Å²) in [5.41, 5.74) is 10.2. The van der Waals surface area contributed by atoms with E-state index in [-0.39, 0.29) is 18.3 Å². The van der Waals surface area contributed by atoms with Gasteiger partial charge < -0.3 is 16.8 Å². The molecule has 1 amide bonds. The Hall–Kier alpha value is -1.79. The highest BCUT2D eigenvalue weighted by atomic mass is 16.1. The second-order valence-electron chi connectivity index (χ2n) is 2.19. The first-order chi connectivity index (χ1) is 5.68. The number of nitrogens with two attached hydrogens (primary N) is 2. The standard InChI is InChI=1S/C5H10N6O/c6-3(12)1-2-8-5-9-4(7)10-11-5/h1-2H2,(H2,6,12)(H4,7,8,9,10,11). The van der Waals surface area contributed by atoms with Gasteiger partial charge in [-0.1, -0.05) is 0 Å². The van der Waals surface area contributed by atoms with Crippen molar-refractivity contribution in [1.82, 2.24) is 15.2 Å². The van der Waals surface area contributed by atoms with Gasteiger partial charge in [-0.05, 0) is 0 Å². The molecule has 0 saturated carbocycles. The monoisotopic (exact) mass is 170 g/mol. The summed E-state index contributed by atoms with van der Waals surface area (Å²) in [5, 5.41) is 8.90. The molecular formula is C5H10N6O. The van der Waals surface area contributed by atoms with Crippen molar-refractivity contribution >= 4 is 17.8 Å². The number of amides is 1. The first kappa shape index (κ1) is 8.31. The largest absolute Gasteiger partial charge is 0.370 e. The predicted octanol–water partition coefficient (Wildman–Crippen LogP) is -1.33. The third-order valence-electron chi connectivity index (χ3n) is 1.16. The second kappa shape index (κ2) is 3.56. The van der Waals surface area contributed by atoms with Gasteiger partial charge in [0, 0.05) is 13.0 Å². The van der Waals surface area contributed by atoms with Gasteiger partial charge in [0.05, 0.1) is 0 Å². The van der Waals surface area contributed by atoms with E-state index in [4.69, 9.17) is 11.5 Å². The number of nitrogens with zero attached hydrogens (tertiary/aromatic N) is 2. The molecule has 0 aliphatic carbocycles. The minimum atomic E-state index is -0.369. The quantitative estimate of drug-likeness (QED) is 0.446. The van der Waals surface area contributed by atoms with E-state index in [0.717, 1.165) is 0 Å². The van der Waals surface area contributed by atoms with E-state index >= 15 is 0 Å². The summed E-state index contributed by atoms with van der Waals surface area (Å²) < 4.78 is 0. The van der Waals surface area contributed by atoms with Gasteiger partial charge in [-0.3, -0.25) is 4.79 Å². The lowest BCUT2D eigenvalue weighted by Gasteiger charge is -1.96. The van der Waals surface area contributed by atoms with E-state index in [1.165, 1.54) is 0 Å². The fourth-order valence-electron chi connectivity index (χ4n) is 0.651. The van der Waals surface area contributed by atoms with Crippen LogP contribution in [-0.2, 0) is 4.79 Å². The average molecular weight is 170 g/mol. The van der Waals surface area contributed by atoms with Crippen LogP contribution in [0, 0.1) is 0 Å². The predicted molar refractivity (Wildman–Crippen MR) is 43.1 cm³/mol. The van der Waals surface area contributed by atoms with Crippen molar-refractivity contribution in [2.45, 2.75) is 6.42 Å². The number of H-pyrrole nitrogens is 1. The molecule has 1 rings (SSSR count). The molecule has 6 N–H and O–H groups in total. The van der Waals surface area contributed by atoms with Crippen LogP contribution in [0.4, 0.5) is 11.9 Å². The second-order valence-corrected chi connectivity index (χ2v) is 2.19. The number of aromatic nitrogens is 3. The molecule has 12 heavy (non-hydrogen) atoms. The smallest absolute Gasteiger partial charge is 0.243 e. The lowest BCUT2D eigenvalue weighted by Crippen LogP contribution is -2.16. The molecule has 0 unspecified atom stereocenters. The van der Waals surface area contributed by atoms with Gasteiger partial charge in [-0.15, -0.1) is 5.10 Å². The van der Waals surface area contributed by atoms with Crippen LogP contribution in [0.3, 0.4) is 0 Å². The number of rotatable bonds is 4. The van der Waals surface area contributed by atoms with Gasteiger partial charge in [-0.25, -0.2) is 5.10 Å². The molecule has 7 nitrogen and oxygen atoms in total. The lowest BCUT2D eigenvalue weighted by molar-refractivity contribution is -0.117. The topological polar surface area (TPSA) is 123 Å². The Morgan fingerprint density at radius 3 is 2.92 bits per heavy atom. The highest BCUT2D eigenvalue weighted by Gasteiger charge is 1.98. The van der Waals surface area contributed by atoms with Crippen molar-refractivity contribution in [2.75, 3.05) is 17.6 Å². The van der Waals surface area contributed by atoms with Crippen molar-refractivity contribution in [2.24, 2.45) is 5.73 Å². The summed E-state index contributed by atoms with van der Waals surface area (Å²) in [4.78, 5) is 14.1. The van der Waals surface area contributed by atoms with E-state index in [9.17, 15) is 4.79 Å². The van der Waals surface area contributed by atoms with Gasteiger partial charge >= 0.3 is 0 Å². The van der Waals surface area contributed by atoms with Crippen molar-refractivity contribution < 1.29 is 4.79 Å². The Kier molecular flexibility index (Phi) is 2.46. The molecule has 0 radical (unpaired) electrons. The Morgan fingerprint density at radius 1 is 1.67 bits per heavy atom. The minimum absolute atomic E-state index is 0.233. The van der Waals surface area contributed by atoms with E-state index < -0.39 is 0 Å². The molecule has 0 spiro atoms. The summed E-state index contributed by atoms with van der Waals surface area (Å²) in [7, 11) is 0. The average Bonchev–Trinajstić information content (AvgIpc) is 2.35. The number of anilines is 2. The van der Waals surface area contributed by atoms with E-state index in [1.54, 1.807) is 0 Å². The van der Waals surface area contributed by atoms with Gasteiger partial charge in [0.25, 0.3) is 0 Å². The zero-order valence-corrected chi connectivity index (χ0v) is 6.37. The zero-order chi connectivity index (χ0) is 8.97. The van der Waals surface area contributed by atoms with Crippen LogP contribution < -0.4 is 16.8 Å². The van der Waals surface area contributed by atoms with Gasteiger partial charge in [0.1, 0.15) is 0 Å². The number of aromatic amines is 1. The normalized spacial score (nSPS) is 9.67. The van der Waals surface area contributed by atoms with Gasteiger partial charge in [-0.2, -0.15) is 4.98 Å². The van der Waals surface area contributed by atoms with Crippen LogP contribution in [0.1, 0.15) is 6.42 Å². The maximum absolute atomic E-state index is 10.3. The maximum atomic E-state index is 10.3. The summed E-state index contributed by atoms with van der Waals surface area (Å²) in [6.07, 6.45) is 0.244. The maximum Gasteiger partial charge on any atom is 0.243 e. The molecule has 7 heteroatoms. The van der Waals surface area contributed by atoms with Crippen molar-refractivity contribution in [3.05, 3.63) is 0 Å². The molecular weight excluding hydrogens is 160 g/mol. The molecule has 0 aliphatic heterocycles. The molecule has 0 aromatic carbocycles. The van der Waals surface area contributed by atoms with Gasteiger partial charge in [0.15, 0.2) is 0 Å². The van der Waals surface area contributed by atoms with Crippen molar-refractivity contribution in [3.63, 3.8) is 0 Å². The lowest BCUT2D eigenvalue weighted by atomic mass is 10.4. The number of primary amides is 1. The highest BCUT2D eigenvalue weighted by Crippen LogP contribution is 1.97. The van der Waals surface area contributed by atoms with Crippen molar-refractivity contribution in [1.29, 1.82) is 0 Å². The minimum Gasteiger partial charge on any atom is -0.370 e. The number of nitrogen functional groups attached to an aromatic ring is 1. The number of nitrogens with one attached hydrogen (secondary N) is 2. The van der Waals surface area contributed by atoms with Crippen LogP contribution >= 0.6 is 0 Å². The molecule has 0 atom stereocenters. The Bertz CT molecular complexity index is 269. The molecule has 1 aromatic heterocycles. The first-order valence-electron chi connectivity index (χ1n) is 3.38. The molecule has 0 saturated heterocycles. The Labute approximate surface area is 68.5 Å². The van der Waals surface area contributed by atoms with Crippen LogP contribution in [-0.4, -0.2) is 27.6 Å². The van der Waals surface area contributed by atoms with E-state index in [0.29, 0.717) is 12.5 Å².